The van der Waals surface area contributed by atoms with Gasteiger partial charge in [-0.15, -0.1) is 0 Å². The average molecular weight is 314 g/mol. The molecule has 23 heavy (non-hydrogen) atoms. The molecule has 2 rings (SSSR count). The molecule has 0 aliphatic heterocycles. The molecule has 0 saturated heterocycles. The summed E-state index contributed by atoms with van der Waals surface area (Å²) in [6, 6.07) is 0. The zero-order chi connectivity index (χ0) is 16.9. The fourth-order valence-electron chi connectivity index (χ4n) is 5.17. The van der Waals surface area contributed by atoms with Crippen LogP contribution < -0.4 is 0 Å². The first-order valence-electron chi connectivity index (χ1n) is 10.4. The molecular formula is C22H39B. The second-order valence-corrected chi connectivity index (χ2v) is 8.70. The van der Waals surface area contributed by atoms with Gasteiger partial charge < -0.3 is 0 Å². The normalized spacial score (nSPS) is 37.7. The van der Waals surface area contributed by atoms with E-state index >= 15 is 0 Å². The zero-order valence-electron chi connectivity index (χ0n) is 16.2. The molecule has 130 valence electrons. The van der Waals surface area contributed by atoms with Crippen molar-refractivity contribution in [1.82, 2.24) is 0 Å². The van der Waals surface area contributed by atoms with Crippen molar-refractivity contribution < 1.29 is 0 Å². The Hall–Kier alpha value is -0.325. The molecule has 0 spiro atoms. The first-order valence-corrected chi connectivity index (χ1v) is 10.4. The third-order valence-corrected chi connectivity index (χ3v) is 7.24. The zero-order valence-corrected chi connectivity index (χ0v) is 16.2. The van der Waals surface area contributed by atoms with Gasteiger partial charge in [0.2, 0.25) is 0 Å². The van der Waals surface area contributed by atoms with Gasteiger partial charge in [0.05, 0.1) is 0 Å². The number of allylic oxidation sites excluding steroid dienone is 2. The van der Waals surface area contributed by atoms with Crippen molar-refractivity contribution in [2.24, 2.45) is 29.1 Å². The van der Waals surface area contributed by atoms with Crippen LogP contribution in [0.4, 0.5) is 0 Å². The van der Waals surface area contributed by atoms with Crippen LogP contribution in [0.1, 0.15) is 91.9 Å². The van der Waals surface area contributed by atoms with E-state index in [2.05, 4.69) is 47.3 Å². The Morgan fingerprint density at radius 3 is 2.52 bits per heavy atom. The summed E-state index contributed by atoms with van der Waals surface area (Å²) in [5.74, 6) is 3.42. The Morgan fingerprint density at radius 2 is 1.96 bits per heavy atom. The van der Waals surface area contributed by atoms with Crippen LogP contribution in [-0.2, 0) is 0 Å². The number of hydrogen-bond donors (Lipinski definition) is 0. The Morgan fingerprint density at radius 1 is 1.17 bits per heavy atom. The molecule has 5 unspecified atom stereocenters. The fourth-order valence-corrected chi connectivity index (χ4v) is 5.17. The number of rotatable bonds is 8. The first-order chi connectivity index (χ1) is 11.0. The van der Waals surface area contributed by atoms with E-state index in [4.69, 9.17) is 0 Å². The SMILES string of the molecule is B=C(CCC)C1CCC(C2(C)CCC2C)C(C=CCCCC)C1. The molecule has 2 aliphatic rings. The molecule has 2 fully saturated rings. The van der Waals surface area contributed by atoms with E-state index in [9.17, 15) is 0 Å². The van der Waals surface area contributed by atoms with Crippen molar-refractivity contribution in [2.45, 2.75) is 91.9 Å². The van der Waals surface area contributed by atoms with Gasteiger partial charge in [0, 0.05) is 0 Å². The Bertz CT molecular complexity index is 410. The molecule has 0 amide bonds. The van der Waals surface area contributed by atoms with Crippen LogP contribution in [0.5, 0.6) is 0 Å². The fraction of sp³-hybridized carbons (Fsp3) is 0.864. The number of hydrogen-bond acceptors (Lipinski definition) is 0. The van der Waals surface area contributed by atoms with Crippen molar-refractivity contribution >= 4 is 13.0 Å². The van der Waals surface area contributed by atoms with Crippen LogP contribution in [0.3, 0.4) is 0 Å². The molecule has 0 aromatic rings. The summed E-state index contributed by atoms with van der Waals surface area (Å²) >= 11 is 0. The van der Waals surface area contributed by atoms with E-state index in [0.717, 1.165) is 23.7 Å². The molecule has 0 heterocycles. The van der Waals surface area contributed by atoms with Crippen molar-refractivity contribution in [3.63, 3.8) is 0 Å². The molecule has 0 nitrogen and oxygen atoms in total. The van der Waals surface area contributed by atoms with E-state index in [-0.39, 0.29) is 0 Å². The quantitative estimate of drug-likeness (QED) is 0.289. The summed E-state index contributed by atoms with van der Waals surface area (Å²) in [7, 11) is 4.42. The van der Waals surface area contributed by atoms with Gasteiger partial charge >= 0.3 is 146 Å². The minimum atomic E-state index is 0.608. The van der Waals surface area contributed by atoms with Gasteiger partial charge in [0.25, 0.3) is 0 Å². The standard InChI is InChI=1S/C22H39B/c1-5-7-8-9-11-18-16-19(21(23)10-6-2)12-13-20(18)22(4)15-14-17(22)3/h9,11,17-20,23H,5-8,10,12-16H2,1-4H3. The van der Waals surface area contributed by atoms with Gasteiger partial charge in [0.15, 0.2) is 0 Å². The first kappa shape index (κ1) is 19.0. The average Bonchev–Trinajstić information content (AvgIpc) is 2.56. The van der Waals surface area contributed by atoms with Crippen molar-refractivity contribution in [3.05, 3.63) is 12.2 Å². The second-order valence-electron chi connectivity index (χ2n) is 8.70. The molecule has 0 aromatic carbocycles. The summed E-state index contributed by atoms with van der Waals surface area (Å²) in [5, 5.41) is 0. The summed E-state index contributed by atoms with van der Waals surface area (Å²) in [5.41, 5.74) is 2.14. The molecule has 5 atom stereocenters. The summed E-state index contributed by atoms with van der Waals surface area (Å²) in [6.07, 6.45) is 18.6. The second kappa shape index (κ2) is 8.68. The molecule has 2 aliphatic carbocycles. The van der Waals surface area contributed by atoms with E-state index in [1.54, 1.807) is 0 Å². The maximum absolute atomic E-state index is 4.42. The molecule has 0 aromatic heterocycles. The van der Waals surface area contributed by atoms with Crippen LogP contribution in [0.25, 0.3) is 0 Å². The number of unbranched alkanes of at least 4 members (excludes halogenated alkanes) is 2. The van der Waals surface area contributed by atoms with E-state index in [1.165, 1.54) is 69.7 Å². The van der Waals surface area contributed by atoms with Gasteiger partial charge in [-0.25, -0.2) is 0 Å². The van der Waals surface area contributed by atoms with E-state index in [0.29, 0.717) is 5.41 Å². The van der Waals surface area contributed by atoms with E-state index in [1.807, 2.05) is 0 Å². The predicted octanol–water partition coefficient (Wildman–Crippen LogP) is 6.07. The Labute approximate surface area is 146 Å². The molecule has 0 bridgehead atoms. The monoisotopic (exact) mass is 314 g/mol. The topological polar surface area (TPSA) is 0 Å². The predicted molar refractivity (Wildman–Crippen MR) is 107 cm³/mol. The van der Waals surface area contributed by atoms with Crippen LogP contribution in [0.15, 0.2) is 12.2 Å². The van der Waals surface area contributed by atoms with Crippen LogP contribution in [0.2, 0.25) is 0 Å². The van der Waals surface area contributed by atoms with Gasteiger partial charge in [-0.3, -0.25) is 0 Å². The Kier molecular flexibility index (Phi) is 7.17. The van der Waals surface area contributed by atoms with Crippen molar-refractivity contribution in [1.29, 1.82) is 0 Å². The molecule has 1 heteroatoms. The summed E-state index contributed by atoms with van der Waals surface area (Å²) in [4.78, 5) is 0. The van der Waals surface area contributed by atoms with Gasteiger partial charge in [-0.2, -0.15) is 0 Å². The molecule has 2 saturated carbocycles. The van der Waals surface area contributed by atoms with Crippen molar-refractivity contribution in [3.8, 4) is 0 Å². The molecule has 0 radical (unpaired) electrons. The van der Waals surface area contributed by atoms with E-state index < -0.39 is 0 Å². The molecular weight excluding hydrogens is 275 g/mol. The summed E-state index contributed by atoms with van der Waals surface area (Å²) < 4.78 is 0. The van der Waals surface area contributed by atoms with Crippen LogP contribution in [0, 0.1) is 29.1 Å². The van der Waals surface area contributed by atoms with Gasteiger partial charge in [0.1, 0.15) is 0 Å². The van der Waals surface area contributed by atoms with Crippen LogP contribution >= 0.6 is 0 Å². The van der Waals surface area contributed by atoms with Crippen molar-refractivity contribution in [2.75, 3.05) is 0 Å². The van der Waals surface area contributed by atoms with Gasteiger partial charge in [-0.05, 0) is 0 Å². The Balaban J connectivity index is 2.05. The minimum absolute atomic E-state index is 0.608. The third kappa shape index (κ3) is 4.40. The summed E-state index contributed by atoms with van der Waals surface area (Å²) in [6.45, 7) is 9.65. The van der Waals surface area contributed by atoms with Gasteiger partial charge in [-0.1, -0.05) is 0 Å². The van der Waals surface area contributed by atoms with Crippen LogP contribution in [-0.4, -0.2) is 13.0 Å². The maximum atomic E-state index is 4.42. The third-order valence-electron chi connectivity index (χ3n) is 7.24. The molecule has 0 N–H and O–H groups in total.